The Hall–Kier alpha value is -0.340. The Morgan fingerprint density at radius 1 is 1.33 bits per heavy atom. The van der Waals surface area contributed by atoms with Crippen LogP contribution in [0.1, 0.15) is 26.7 Å². The fourth-order valence-electron chi connectivity index (χ4n) is 1.20. The molecule has 0 spiro atoms. The number of aliphatic hydroxyl groups is 1. The van der Waals surface area contributed by atoms with Crippen LogP contribution in [0, 0.1) is 0 Å². The molecule has 72 valence electrons. The second-order valence-electron chi connectivity index (χ2n) is 3.75. The summed E-state index contributed by atoms with van der Waals surface area (Å²) >= 11 is 0. The highest BCUT2D eigenvalue weighted by molar-refractivity contribution is 4.83. The molecule has 2 nitrogen and oxygen atoms in total. The van der Waals surface area contributed by atoms with Crippen LogP contribution < -0.4 is 0 Å². The summed E-state index contributed by atoms with van der Waals surface area (Å²) in [6, 6.07) is 0. The molecule has 0 fully saturated rings. The van der Waals surface area contributed by atoms with E-state index in [0.717, 1.165) is 19.4 Å². The molecule has 0 aliphatic heterocycles. The molecule has 1 N–H and O–H groups in total. The van der Waals surface area contributed by atoms with Crippen LogP contribution in [-0.4, -0.2) is 36.5 Å². The summed E-state index contributed by atoms with van der Waals surface area (Å²) in [5.74, 6) is 0. The van der Waals surface area contributed by atoms with Gasteiger partial charge in [-0.05, 0) is 18.9 Å². The van der Waals surface area contributed by atoms with Crippen molar-refractivity contribution in [1.29, 1.82) is 0 Å². The van der Waals surface area contributed by atoms with E-state index in [0.29, 0.717) is 4.48 Å². The van der Waals surface area contributed by atoms with Gasteiger partial charge in [0, 0.05) is 0 Å². The summed E-state index contributed by atoms with van der Waals surface area (Å²) in [4.78, 5) is 0. The Bertz CT molecular complexity index is 141. The topological polar surface area (TPSA) is 20.2 Å². The first-order chi connectivity index (χ1) is 5.54. The lowest BCUT2D eigenvalue weighted by Gasteiger charge is -2.32. The summed E-state index contributed by atoms with van der Waals surface area (Å²) in [5, 5.41) is 9.72. The van der Waals surface area contributed by atoms with Gasteiger partial charge in [0.1, 0.15) is 0 Å². The van der Waals surface area contributed by atoms with Crippen LogP contribution in [0.25, 0.3) is 0 Å². The number of hydrogen-bond donors (Lipinski definition) is 1. The van der Waals surface area contributed by atoms with Crippen LogP contribution in [-0.2, 0) is 0 Å². The molecule has 0 saturated heterocycles. The zero-order chi connectivity index (χ0) is 9.61. The first-order valence-corrected chi connectivity index (χ1v) is 4.72. The van der Waals surface area contributed by atoms with Gasteiger partial charge in [0.05, 0.1) is 20.6 Å². The van der Waals surface area contributed by atoms with Gasteiger partial charge in [-0.1, -0.05) is 19.9 Å². The summed E-state index contributed by atoms with van der Waals surface area (Å²) in [7, 11) is 4.10. The number of allylic oxidation sites excluding steroid dienone is 1. The van der Waals surface area contributed by atoms with Crippen molar-refractivity contribution in [3.05, 3.63) is 12.2 Å². The highest BCUT2D eigenvalue weighted by Gasteiger charge is 2.21. The van der Waals surface area contributed by atoms with E-state index in [9.17, 15) is 5.11 Å². The van der Waals surface area contributed by atoms with Crippen LogP contribution in [0.2, 0.25) is 0 Å². The van der Waals surface area contributed by atoms with E-state index in [2.05, 4.69) is 13.8 Å². The molecule has 0 amide bonds. The van der Waals surface area contributed by atoms with E-state index in [-0.39, 0.29) is 6.23 Å². The third kappa shape index (κ3) is 3.88. The first kappa shape index (κ1) is 11.7. The molecule has 1 unspecified atom stereocenters. The van der Waals surface area contributed by atoms with Crippen molar-refractivity contribution >= 4 is 0 Å². The Kier molecular flexibility index (Phi) is 5.18. The number of quaternary nitrogens is 1. The number of likely N-dealkylation sites (N-methyl/N-ethyl adjacent to an activating group) is 1. The molecule has 0 radical (unpaired) electrons. The molecule has 1 atom stereocenters. The van der Waals surface area contributed by atoms with E-state index in [1.807, 2.05) is 26.2 Å². The maximum atomic E-state index is 9.72. The van der Waals surface area contributed by atoms with Gasteiger partial charge in [-0.25, -0.2) is 0 Å². The lowest BCUT2D eigenvalue weighted by Crippen LogP contribution is -2.48. The van der Waals surface area contributed by atoms with Gasteiger partial charge >= 0.3 is 0 Å². The molecular formula is C10H22NO+. The van der Waals surface area contributed by atoms with Crippen molar-refractivity contribution in [2.45, 2.75) is 32.9 Å². The van der Waals surface area contributed by atoms with Crippen LogP contribution in [0.15, 0.2) is 12.2 Å². The van der Waals surface area contributed by atoms with Gasteiger partial charge < -0.3 is 9.59 Å². The first-order valence-electron chi connectivity index (χ1n) is 4.72. The maximum Gasteiger partial charge on any atom is 0.210 e. The Morgan fingerprint density at radius 3 is 2.33 bits per heavy atom. The lowest BCUT2D eigenvalue weighted by molar-refractivity contribution is -0.929. The van der Waals surface area contributed by atoms with Crippen molar-refractivity contribution < 1.29 is 9.59 Å². The normalized spacial score (nSPS) is 15.4. The number of hydrogen-bond acceptors (Lipinski definition) is 1. The number of nitrogens with zero attached hydrogens (tertiary/aromatic N) is 1. The highest BCUT2D eigenvalue weighted by Crippen LogP contribution is 2.06. The second-order valence-corrected chi connectivity index (χ2v) is 3.75. The minimum atomic E-state index is -0.357. The van der Waals surface area contributed by atoms with Crippen LogP contribution in [0.5, 0.6) is 0 Å². The minimum Gasteiger partial charge on any atom is -0.341 e. The maximum absolute atomic E-state index is 9.72. The molecule has 0 aromatic carbocycles. The summed E-state index contributed by atoms with van der Waals surface area (Å²) in [6.45, 7) is 5.22. The van der Waals surface area contributed by atoms with E-state index >= 15 is 0 Å². The smallest absolute Gasteiger partial charge is 0.210 e. The third-order valence-corrected chi connectivity index (χ3v) is 2.06. The molecule has 0 aromatic rings. The van der Waals surface area contributed by atoms with E-state index in [1.165, 1.54) is 0 Å². The zero-order valence-electron chi connectivity index (χ0n) is 8.75. The molecule has 0 aliphatic carbocycles. The van der Waals surface area contributed by atoms with Crippen molar-refractivity contribution in [3.63, 3.8) is 0 Å². The average Bonchev–Trinajstić information content (AvgIpc) is 2.00. The summed E-state index contributed by atoms with van der Waals surface area (Å²) < 4.78 is 0.660. The molecule has 0 rings (SSSR count). The predicted molar refractivity (Wildman–Crippen MR) is 52.7 cm³/mol. The van der Waals surface area contributed by atoms with Gasteiger partial charge in [-0.3, -0.25) is 0 Å². The monoisotopic (exact) mass is 172 g/mol. The molecule has 0 heterocycles. The molecule has 0 saturated carbocycles. The Labute approximate surface area is 76.1 Å². The van der Waals surface area contributed by atoms with Gasteiger partial charge in [0.2, 0.25) is 6.23 Å². The fourth-order valence-corrected chi connectivity index (χ4v) is 1.20. The fraction of sp³-hybridized carbons (Fsp3) is 0.800. The largest absolute Gasteiger partial charge is 0.341 e. The Balaban J connectivity index is 4.04. The second kappa shape index (κ2) is 5.33. The predicted octanol–water partition coefficient (Wildman–Crippen LogP) is 1.76. The van der Waals surface area contributed by atoms with Crippen molar-refractivity contribution in [1.82, 2.24) is 0 Å². The van der Waals surface area contributed by atoms with E-state index in [1.54, 1.807) is 0 Å². The summed E-state index contributed by atoms with van der Waals surface area (Å²) in [6.07, 6.45) is 5.63. The van der Waals surface area contributed by atoms with Crippen LogP contribution >= 0.6 is 0 Å². The molecule has 0 aromatic heterocycles. The van der Waals surface area contributed by atoms with E-state index in [4.69, 9.17) is 0 Å². The van der Waals surface area contributed by atoms with Crippen molar-refractivity contribution in [2.75, 3.05) is 20.6 Å². The molecule has 12 heavy (non-hydrogen) atoms. The quantitative estimate of drug-likeness (QED) is 0.380. The summed E-state index contributed by atoms with van der Waals surface area (Å²) in [5.41, 5.74) is 0. The molecular weight excluding hydrogens is 150 g/mol. The molecule has 0 bridgehead atoms. The Morgan fingerprint density at radius 2 is 1.92 bits per heavy atom. The van der Waals surface area contributed by atoms with Crippen LogP contribution in [0.3, 0.4) is 0 Å². The molecule has 0 aliphatic rings. The standard InChI is InChI=1S/C10H22NO/c1-5-7-8-10(12)11(3,4)9-6-2/h7-8,10,12H,5-6,9H2,1-4H3/q+1. The third-order valence-electron chi connectivity index (χ3n) is 2.06. The molecule has 2 heteroatoms. The van der Waals surface area contributed by atoms with E-state index < -0.39 is 0 Å². The highest BCUT2D eigenvalue weighted by atomic mass is 16.3. The number of aliphatic hydroxyl groups excluding tert-OH is 1. The lowest BCUT2D eigenvalue weighted by atomic mass is 10.3. The number of rotatable bonds is 5. The van der Waals surface area contributed by atoms with Gasteiger partial charge in [0.25, 0.3) is 0 Å². The SMILES string of the molecule is CCC=CC(O)[N+](C)(C)CCC. The zero-order valence-corrected chi connectivity index (χ0v) is 8.75. The van der Waals surface area contributed by atoms with Gasteiger partial charge in [-0.2, -0.15) is 0 Å². The minimum absolute atomic E-state index is 0.357. The van der Waals surface area contributed by atoms with Gasteiger partial charge in [0.15, 0.2) is 0 Å². The van der Waals surface area contributed by atoms with Crippen molar-refractivity contribution in [2.24, 2.45) is 0 Å². The van der Waals surface area contributed by atoms with Crippen molar-refractivity contribution in [3.8, 4) is 0 Å². The van der Waals surface area contributed by atoms with Crippen LogP contribution in [0.4, 0.5) is 0 Å². The van der Waals surface area contributed by atoms with Gasteiger partial charge in [-0.15, -0.1) is 0 Å². The average molecular weight is 172 g/mol.